The normalized spacial score (nSPS) is 21.9. The summed E-state index contributed by atoms with van der Waals surface area (Å²) in [5.41, 5.74) is -0.574. The molecule has 0 bridgehead atoms. The SMILES string of the molecule is CCNC(=O)C(C)(C)CNC(=NC)NC1CCS(=O)(=O)C1. The van der Waals surface area contributed by atoms with Crippen LogP contribution in [0.3, 0.4) is 0 Å². The molecule has 1 aliphatic heterocycles. The van der Waals surface area contributed by atoms with E-state index in [1.54, 1.807) is 7.05 Å². The minimum absolute atomic E-state index is 0.0311. The fourth-order valence-corrected chi connectivity index (χ4v) is 3.75. The molecule has 8 heteroatoms. The van der Waals surface area contributed by atoms with E-state index in [1.807, 2.05) is 20.8 Å². The zero-order chi connectivity index (χ0) is 16.1. The number of hydrogen-bond acceptors (Lipinski definition) is 4. The Morgan fingerprint density at radius 1 is 1.33 bits per heavy atom. The predicted molar refractivity (Wildman–Crippen MR) is 84.0 cm³/mol. The molecule has 0 aromatic heterocycles. The van der Waals surface area contributed by atoms with Gasteiger partial charge < -0.3 is 16.0 Å². The van der Waals surface area contributed by atoms with E-state index in [9.17, 15) is 13.2 Å². The second-order valence-corrected chi connectivity index (χ2v) is 8.14. The van der Waals surface area contributed by atoms with Crippen LogP contribution < -0.4 is 16.0 Å². The van der Waals surface area contributed by atoms with E-state index < -0.39 is 15.3 Å². The molecule has 3 N–H and O–H groups in total. The van der Waals surface area contributed by atoms with Crippen molar-refractivity contribution >= 4 is 21.7 Å². The molecule has 0 radical (unpaired) electrons. The number of aliphatic imine (C=N–C) groups is 1. The Morgan fingerprint density at radius 2 is 2.00 bits per heavy atom. The van der Waals surface area contributed by atoms with Crippen molar-refractivity contribution < 1.29 is 13.2 Å². The van der Waals surface area contributed by atoms with Crippen LogP contribution in [0, 0.1) is 5.41 Å². The second kappa shape index (κ2) is 7.11. The maximum Gasteiger partial charge on any atom is 0.227 e. The van der Waals surface area contributed by atoms with E-state index >= 15 is 0 Å². The third kappa shape index (κ3) is 5.53. The fraction of sp³-hybridized carbons (Fsp3) is 0.846. The van der Waals surface area contributed by atoms with Gasteiger partial charge in [-0.15, -0.1) is 0 Å². The van der Waals surface area contributed by atoms with Crippen LogP contribution >= 0.6 is 0 Å². The van der Waals surface area contributed by atoms with Crippen molar-refractivity contribution in [2.45, 2.75) is 33.2 Å². The monoisotopic (exact) mass is 318 g/mol. The molecule has 0 spiro atoms. The highest BCUT2D eigenvalue weighted by molar-refractivity contribution is 7.91. The first kappa shape index (κ1) is 17.7. The number of carbonyl (C=O) groups excluding carboxylic acids is 1. The highest BCUT2D eigenvalue weighted by Crippen LogP contribution is 2.14. The van der Waals surface area contributed by atoms with Crippen LogP contribution in [0.25, 0.3) is 0 Å². The van der Waals surface area contributed by atoms with Crippen molar-refractivity contribution in [1.29, 1.82) is 0 Å². The molecule has 0 aromatic carbocycles. The second-order valence-electron chi connectivity index (χ2n) is 5.91. The minimum Gasteiger partial charge on any atom is -0.356 e. The first-order valence-electron chi connectivity index (χ1n) is 7.16. The number of carbonyl (C=O) groups is 1. The molecule has 0 saturated carbocycles. The molecular formula is C13H26N4O3S. The van der Waals surface area contributed by atoms with Gasteiger partial charge >= 0.3 is 0 Å². The molecule has 1 heterocycles. The molecule has 1 unspecified atom stereocenters. The van der Waals surface area contributed by atoms with Gasteiger partial charge in [0.15, 0.2) is 15.8 Å². The summed E-state index contributed by atoms with van der Waals surface area (Å²) in [5, 5.41) is 8.97. The number of guanidine groups is 1. The lowest BCUT2D eigenvalue weighted by molar-refractivity contribution is -0.128. The van der Waals surface area contributed by atoms with Crippen LogP contribution in [0.4, 0.5) is 0 Å². The van der Waals surface area contributed by atoms with Crippen LogP contribution in [-0.4, -0.2) is 58.0 Å². The minimum atomic E-state index is -2.92. The average Bonchev–Trinajstić information content (AvgIpc) is 2.74. The van der Waals surface area contributed by atoms with Crippen LogP contribution in [0.15, 0.2) is 4.99 Å². The number of amides is 1. The zero-order valence-electron chi connectivity index (χ0n) is 13.2. The Balaban J connectivity index is 2.50. The number of hydrogen-bond donors (Lipinski definition) is 3. The van der Waals surface area contributed by atoms with Crippen molar-refractivity contribution in [2.75, 3.05) is 31.6 Å². The van der Waals surface area contributed by atoms with E-state index in [4.69, 9.17) is 0 Å². The molecule has 21 heavy (non-hydrogen) atoms. The van der Waals surface area contributed by atoms with Gasteiger partial charge in [0.1, 0.15) is 0 Å². The Bertz CT molecular complexity index is 500. The van der Waals surface area contributed by atoms with Crippen molar-refractivity contribution in [3.63, 3.8) is 0 Å². The highest BCUT2D eigenvalue weighted by atomic mass is 32.2. The van der Waals surface area contributed by atoms with Crippen LogP contribution in [0.5, 0.6) is 0 Å². The van der Waals surface area contributed by atoms with E-state index in [0.717, 1.165) is 0 Å². The van der Waals surface area contributed by atoms with Crippen molar-refractivity contribution in [1.82, 2.24) is 16.0 Å². The van der Waals surface area contributed by atoms with E-state index in [0.29, 0.717) is 25.5 Å². The number of sulfone groups is 1. The lowest BCUT2D eigenvalue weighted by atomic mass is 9.92. The fourth-order valence-electron chi connectivity index (χ4n) is 2.08. The topological polar surface area (TPSA) is 99.7 Å². The lowest BCUT2D eigenvalue weighted by Gasteiger charge is -2.25. The third-order valence-electron chi connectivity index (χ3n) is 3.45. The first-order chi connectivity index (χ1) is 9.70. The largest absolute Gasteiger partial charge is 0.356 e. The van der Waals surface area contributed by atoms with Gasteiger partial charge in [-0.2, -0.15) is 0 Å². The smallest absolute Gasteiger partial charge is 0.227 e. The molecule has 7 nitrogen and oxygen atoms in total. The molecule has 0 aromatic rings. The Hall–Kier alpha value is -1.31. The van der Waals surface area contributed by atoms with Crippen LogP contribution in [-0.2, 0) is 14.6 Å². The summed E-state index contributed by atoms with van der Waals surface area (Å²) in [7, 11) is -1.30. The van der Waals surface area contributed by atoms with Crippen molar-refractivity contribution in [2.24, 2.45) is 10.4 Å². The molecule has 1 fully saturated rings. The molecule has 1 amide bonds. The highest BCUT2D eigenvalue weighted by Gasteiger charge is 2.30. The van der Waals surface area contributed by atoms with Gasteiger partial charge in [0.2, 0.25) is 5.91 Å². The summed E-state index contributed by atoms with van der Waals surface area (Å²) in [4.78, 5) is 16.0. The Kier molecular flexibility index (Phi) is 6.00. The number of rotatable bonds is 5. The van der Waals surface area contributed by atoms with Crippen molar-refractivity contribution in [3.8, 4) is 0 Å². The van der Waals surface area contributed by atoms with Gasteiger partial charge in [0.25, 0.3) is 0 Å². The Labute approximate surface area is 126 Å². The summed E-state index contributed by atoms with van der Waals surface area (Å²) in [5.74, 6) is 0.838. The van der Waals surface area contributed by atoms with Gasteiger partial charge in [-0.1, -0.05) is 0 Å². The molecular weight excluding hydrogens is 292 g/mol. The molecule has 1 saturated heterocycles. The van der Waals surface area contributed by atoms with Crippen LogP contribution in [0.1, 0.15) is 27.2 Å². The maximum absolute atomic E-state index is 11.9. The van der Waals surface area contributed by atoms with Gasteiger partial charge in [0.05, 0.1) is 16.9 Å². The molecule has 122 valence electrons. The summed E-state index contributed by atoms with van der Waals surface area (Å²) >= 11 is 0. The van der Waals surface area contributed by atoms with Crippen molar-refractivity contribution in [3.05, 3.63) is 0 Å². The van der Waals surface area contributed by atoms with E-state index in [1.165, 1.54) is 0 Å². The molecule has 0 aliphatic carbocycles. The van der Waals surface area contributed by atoms with Gasteiger partial charge in [-0.25, -0.2) is 8.42 Å². The predicted octanol–water partition coefficient (Wildman–Crippen LogP) is -0.499. The summed E-state index contributed by atoms with van der Waals surface area (Å²) < 4.78 is 22.9. The average molecular weight is 318 g/mol. The van der Waals surface area contributed by atoms with E-state index in [2.05, 4.69) is 20.9 Å². The maximum atomic E-state index is 11.9. The standard InChI is InChI=1S/C13H26N4O3S/c1-5-15-11(18)13(2,3)9-16-12(14-4)17-10-6-7-21(19,20)8-10/h10H,5-9H2,1-4H3,(H,15,18)(H2,14,16,17). The zero-order valence-corrected chi connectivity index (χ0v) is 14.0. The van der Waals surface area contributed by atoms with Gasteiger partial charge in [-0.05, 0) is 27.2 Å². The quantitative estimate of drug-likeness (QED) is 0.469. The summed E-state index contributed by atoms with van der Waals surface area (Å²) in [6, 6.07) is -0.117. The lowest BCUT2D eigenvalue weighted by Crippen LogP contribution is -2.50. The third-order valence-corrected chi connectivity index (χ3v) is 5.21. The summed E-state index contributed by atoms with van der Waals surface area (Å²) in [6.07, 6.45) is 0.586. The number of nitrogens with one attached hydrogen (secondary N) is 3. The summed E-state index contributed by atoms with van der Waals surface area (Å²) in [6.45, 7) is 6.58. The Morgan fingerprint density at radius 3 is 2.48 bits per heavy atom. The first-order valence-corrected chi connectivity index (χ1v) is 8.98. The van der Waals surface area contributed by atoms with Gasteiger partial charge in [-0.3, -0.25) is 9.79 Å². The molecule has 1 aliphatic rings. The molecule has 1 atom stereocenters. The number of nitrogens with zero attached hydrogens (tertiary/aromatic N) is 1. The van der Waals surface area contributed by atoms with Gasteiger partial charge in [0, 0.05) is 26.2 Å². The molecule has 1 rings (SSSR count). The van der Waals surface area contributed by atoms with Crippen LogP contribution in [0.2, 0.25) is 0 Å². The van der Waals surface area contributed by atoms with E-state index in [-0.39, 0.29) is 23.5 Å².